The third-order valence-electron chi connectivity index (χ3n) is 5.41. The number of ether oxygens (including phenoxy) is 1. The van der Waals surface area contributed by atoms with E-state index in [4.69, 9.17) is 4.74 Å². The number of benzene rings is 2. The topological polar surface area (TPSA) is 75.7 Å². The molecule has 0 unspecified atom stereocenters. The maximum atomic E-state index is 13.3. The van der Waals surface area contributed by atoms with Crippen molar-refractivity contribution in [1.29, 1.82) is 0 Å². The van der Waals surface area contributed by atoms with Gasteiger partial charge < -0.3 is 10.1 Å². The lowest BCUT2D eigenvalue weighted by atomic mass is 9.97. The van der Waals surface area contributed by atoms with Crippen molar-refractivity contribution in [3.8, 4) is 5.75 Å². The van der Waals surface area contributed by atoms with Crippen molar-refractivity contribution in [3.63, 3.8) is 0 Å². The molecule has 0 spiro atoms. The lowest BCUT2D eigenvalue weighted by Gasteiger charge is -2.31. The van der Waals surface area contributed by atoms with Crippen LogP contribution < -0.4 is 10.1 Å². The highest BCUT2D eigenvalue weighted by Gasteiger charge is 2.34. The summed E-state index contributed by atoms with van der Waals surface area (Å²) in [5.41, 5.74) is 1.70. The predicted molar refractivity (Wildman–Crippen MR) is 126 cm³/mol. The van der Waals surface area contributed by atoms with Gasteiger partial charge in [0.25, 0.3) is 0 Å². The lowest BCUT2D eigenvalue weighted by molar-refractivity contribution is -0.120. The SMILES string of the molecule is COc1ccc(C(C)C)cc1S(=O)(=O)N1CCC(C(=O)Nc2ccc(I)cc2)CC1. The maximum absolute atomic E-state index is 13.3. The van der Waals surface area contributed by atoms with Crippen molar-refractivity contribution < 1.29 is 17.9 Å². The summed E-state index contributed by atoms with van der Waals surface area (Å²) in [5.74, 6) is 0.283. The number of hydrogen-bond donors (Lipinski definition) is 1. The van der Waals surface area contributed by atoms with Crippen LogP contribution in [0.25, 0.3) is 0 Å². The molecule has 0 bridgehead atoms. The molecule has 8 heteroatoms. The molecule has 0 atom stereocenters. The predicted octanol–water partition coefficient (Wildman–Crippen LogP) is 4.46. The van der Waals surface area contributed by atoms with Gasteiger partial charge in [0.1, 0.15) is 10.6 Å². The van der Waals surface area contributed by atoms with Crippen LogP contribution >= 0.6 is 22.6 Å². The minimum atomic E-state index is -3.70. The second kappa shape index (κ2) is 9.65. The van der Waals surface area contributed by atoms with Gasteiger partial charge in [-0.05, 0) is 83.3 Å². The molecule has 162 valence electrons. The van der Waals surface area contributed by atoms with Crippen molar-refractivity contribution in [1.82, 2.24) is 4.31 Å². The Bertz CT molecular complexity index is 998. The minimum absolute atomic E-state index is 0.0624. The summed E-state index contributed by atoms with van der Waals surface area (Å²) < 4.78 is 34.5. The van der Waals surface area contributed by atoms with Gasteiger partial charge >= 0.3 is 0 Å². The molecular formula is C22H27IN2O4S. The Morgan fingerprint density at radius 1 is 1.13 bits per heavy atom. The first-order valence-electron chi connectivity index (χ1n) is 9.97. The standard InChI is InChI=1S/C22H27IN2O4S/c1-15(2)17-4-9-20(29-3)21(14-17)30(27,28)25-12-10-16(11-13-25)22(26)24-19-7-5-18(23)6-8-19/h4-9,14-16H,10-13H2,1-3H3,(H,24,26). The molecule has 1 amide bonds. The van der Waals surface area contributed by atoms with Crippen molar-refractivity contribution >= 4 is 44.2 Å². The molecule has 0 aliphatic carbocycles. The Balaban J connectivity index is 1.70. The van der Waals surface area contributed by atoms with E-state index < -0.39 is 10.0 Å². The van der Waals surface area contributed by atoms with Crippen LogP contribution in [-0.2, 0) is 14.8 Å². The molecule has 3 rings (SSSR count). The Kier molecular flexibility index (Phi) is 7.41. The summed E-state index contributed by atoms with van der Waals surface area (Å²) in [6, 6.07) is 12.9. The van der Waals surface area contributed by atoms with Gasteiger partial charge in [0.05, 0.1) is 7.11 Å². The van der Waals surface area contributed by atoms with Crippen LogP contribution in [0, 0.1) is 9.49 Å². The van der Waals surface area contributed by atoms with E-state index in [9.17, 15) is 13.2 Å². The normalized spacial score (nSPS) is 15.9. The van der Waals surface area contributed by atoms with Crippen LogP contribution in [0.15, 0.2) is 47.4 Å². The lowest BCUT2D eigenvalue weighted by Crippen LogP contribution is -2.41. The fourth-order valence-electron chi connectivity index (χ4n) is 3.53. The highest BCUT2D eigenvalue weighted by molar-refractivity contribution is 14.1. The van der Waals surface area contributed by atoms with Gasteiger partial charge in [-0.1, -0.05) is 19.9 Å². The molecule has 1 fully saturated rings. The first-order valence-corrected chi connectivity index (χ1v) is 12.5. The zero-order chi connectivity index (χ0) is 21.9. The summed E-state index contributed by atoms with van der Waals surface area (Å²) in [4.78, 5) is 12.8. The zero-order valence-electron chi connectivity index (χ0n) is 17.4. The van der Waals surface area contributed by atoms with Gasteiger partial charge in [-0.15, -0.1) is 0 Å². The molecule has 0 radical (unpaired) electrons. The first kappa shape index (κ1) is 23.0. The maximum Gasteiger partial charge on any atom is 0.246 e. The van der Waals surface area contributed by atoms with E-state index in [0.29, 0.717) is 31.7 Å². The van der Waals surface area contributed by atoms with E-state index in [0.717, 1.165) is 14.8 Å². The molecule has 1 N–H and O–H groups in total. The molecule has 0 aromatic heterocycles. The molecule has 6 nitrogen and oxygen atoms in total. The Hall–Kier alpha value is -1.65. The number of anilines is 1. The summed E-state index contributed by atoms with van der Waals surface area (Å²) >= 11 is 2.21. The van der Waals surface area contributed by atoms with Crippen molar-refractivity contribution in [2.45, 2.75) is 37.5 Å². The van der Waals surface area contributed by atoms with Crippen LogP contribution in [0.4, 0.5) is 5.69 Å². The van der Waals surface area contributed by atoms with E-state index in [1.54, 1.807) is 12.1 Å². The van der Waals surface area contributed by atoms with Crippen LogP contribution in [0.2, 0.25) is 0 Å². The van der Waals surface area contributed by atoms with Gasteiger partial charge in [0.15, 0.2) is 0 Å². The number of carbonyl (C=O) groups excluding carboxylic acids is 1. The third kappa shape index (κ3) is 5.15. The van der Waals surface area contributed by atoms with E-state index in [1.807, 2.05) is 44.2 Å². The average Bonchev–Trinajstić information content (AvgIpc) is 2.74. The summed E-state index contributed by atoms with van der Waals surface area (Å²) in [6.45, 7) is 4.66. The number of methoxy groups -OCH3 is 1. The van der Waals surface area contributed by atoms with E-state index in [2.05, 4.69) is 27.9 Å². The number of amides is 1. The second-order valence-electron chi connectivity index (χ2n) is 7.74. The number of carbonyl (C=O) groups is 1. The van der Waals surface area contributed by atoms with Crippen LogP contribution in [-0.4, -0.2) is 38.8 Å². The summed E-state index contributed by atoms with van der Waals surface area (Å²) in [6.07, 6.45) is 0.975. The van der Waals surface area contributed by atoms with Crippen LogP contribution in [0.5, 0.6) is 5.75 Å². The number of nitrogens with one attached hydrogen (secondary N) is 1. The number of rotatable bonds is 6. The van der Waals surface area contributed by atoms with Gasteiger partial charge in [0.2, 0.25) is 15.9 Å². The van der Waals surface area contributed by atoms with E-state index in [-0.39, 0.29) is 22.6 Å². The monoisotopic (exact) mass is 542 g/mol. The van der Waals surface area contributed by atoms with Crippen LogP contribution in [0.3, 0.4) is 0 Å². The van der Waals surface area contributed by atoms with Crippen LogP contribution in [0.1, 0.15) is 38.2 Å². The summed E-state index contributed by atoms with van der Waals surface area (Å²) in [5, 5.41) is 2.93. The number of sulfonamides is 1. The third-order valence-corrected chi connectivity index (χ3v) is 8.05. The number of nitrogens with zero attached hydrogens (tertiary/aromatic N) is 1. The summed E-state index contributed by atoms with van der Waals surface area (Å²) in [7, 11) is -2.22. The zero-order valence-corrected chi connectivity index (χ0v) is 20.4. The molecular weight excluding hydrogens is 515 g/mol. The molecule has 30 heavy (non-hydrogen) atoms. The molecule has 0 saturated carbocycles. The first-order chi connectivity index (χ1) is 14.2. The fraction of sp³-hybridized carbons (Fsp3) is 0.409. The Morgan fingerprint density at radius 3 is 2.33 bits per heavy atom. The minimum Gasteiger partial charge on any atom is -0.495 e. The average molecular weight is 542 g/mol. The Labute approximate surface area is 192 Å². The van der Waals surface area contributed by atoms with Gasteiger partial charge in [-0.2, -0.15) is 4.31 Å². The largest absolute Gasteiger partial charge is 0.495 e. The molecule has 2 aromatic carbocycles. The molecule has 1 heterocycles. The fourth-order valence-corrected chi connectivity index (χ4v) is 5.55. The number of halogens is 1. The highest BCUT2D eigenvalue weighted by atomic mass is 127. The molecule has 1 saturated heterocycles. The molecule has 1 aliphatic rings. The smallest absolute Gasteiger partial charge is 0.246 e. The van der Waals surface area contributed by atoms with Crippen molar-refractivity contribution in [2.75, 3.05) is 25.5 Å². The van der Waals surface area contributed by atoms with Gasteiger partial charge in [-0.25, -0.2) is 8.42 Å². The second-order valence-corrected chi connectivity index (χ2v) is 10.9. The van der Waals surface area contributed by atoms with Crippen molar-refractivity contribution in [3.05, 3.63) is 51.6 Å². The van der Waals surface area contributed by atoms with Crippen molar-refractivity contribution in [2.24, 2.45) is 5.92 Å². The molecule has 1 aliphatic heterocycles. The number of hydrogen-bond acceptors (Lipinski definition) is 4. The van der Waals surface area contributed by atoms with E-state index in [1.165, 1.54) is 11.4 Å². The van der Waals surface area contributed by atoms with E-state index >= 15 is 0 Å². The van der Waals surface area contributed by atoms with Gasteiger partial charge in [0, 0.05) is 28.3 Å². The Morgan fingerprint density at radius 2 is 1.77 bits per heavy atom. The molecule has 2 aromatic rings. The number of piperidine rings is 1. The highest BCUT2D eigenvalue weighted by Crippen LogP contribution is 2.32. The van der Waals surface area contributed by atoms with Gasteiger partial charge in [-0.3, -0.25) is 4.79 Å². The quantitative estimate of drug-likeness (QED) is 0.547.